The van der Waals surface area contributed by atoms with Crippen molar-refractivity contribution in [3.8, 4) is 5.69 Å². The van der Waals surface area contributed by atoms with Crippen LogP contribution in [-0.4, -0.2) is 36.2 Å². The summed E-state index contributed by atoms with van der Waals surface area (Å²) in [5.74, 6) is 0.508. The van der Waals surface area contributed by atoms with Gasteiger partial charge in [0.15, 0.2) is 5.65 Å². The van der Waals surface area contributed by atoms with Crippen molar-refractivity contribution < 1.29 is 0 Å². The summed E-state index contributed by atoms with van der Waals surface area (Å²) in [5.41, 5.74) is 12.9. The van der Waals surface area contributed by atoms with Gasteiger partial charge in [0.2, 0.25) is 0 Å². The fraction of sp³-hybridized carbons (Fsp3) is 0.206. The number of allylic oxidation sites excluding steroid dienone is 4. The minimum Gasteiger partial charge on any atom is -0.384 e. The topological polar surface area (TPSA) is 104 Å². The number of aryl methyl sites for hydroxylation is 3. The molecule has 0 bridgehead atoms. The number of nitrogens with zero attached hydrogens (tertiary/aromatic N) is 6. The first kappa shape index (κ1) is 27.1. The third-order valence-corrected chi connectivity index (χ3v) is 7.66. The van der Waals surface area contributed by atoms with E-state index in [9.17, 15) is 4.79 Å². The molecule has 0 amide bonds. The Kier molecular flexibility index (Phi) is 7.12. The summed E-state index contributed by atoms with van der Waals surface area (Å²) in [5, 5.41) is 7.62. The minimum atomic E-state index is -0.0913. The highest BCUT2D eigenvalue weighted by Gasteiger charge is 2.20. The summed E-state index contributed by atoms with van der Waals surface area (Å²) < 4.78 is 3.71. The van der Waals surface area contributed by atoms with E-state index in [1.54, 1.807) is 6.33 Å². The van der Waals surface area contributed by atoms with Crippen LogP contribution >= 0.6 is 0 Å². The Morgan fingerprint density at radius 2 is 1.79 bits per heavy atom. The fourth-order valence-electron chi connectivity index (χ4n) is 5.59. The summed E-state index contributed by atoms with van der Waals surface area (Å²) in [6.45, 7) is 8.31. The van der Waals surface area contributed by atoms with Crippen LogP contribution in [0.5, 0.6) is 0 Å². The number of benzene rings is 2. The number of fused-ring (bicyclic) bond motifs is 2. The van der Waals surface area contributed by atoms with Gasteiger partial charge in [0.05, 0.1) is 34.7 Å². The number of nitrogens with two attached hydrogens (primary N) is 1. The molecule has 0 spiro atoms. The van der Waals surface area contributed by atoms with Gasteiger partial charge in [0.1, 0.15) is 17.9 Å². The average molecular weight is 556 g/mol. The van der Waals surface area contributed by atoms with Gasteiger partial charge in [-0.15, -0.1) is 0 Å². The van der Waals surface area contributed by atoms with E-state index < -0.39 is 0 Å². The van der Waals surface area contributed by atoms with Crippen molar-refractivity contribution in [2.75, 3.05) is 0 Å². The molecule has 4 heterocycles. The first-order chi connectivity index (χ1) is 20.3. The van der Waals surface area contributed by atoms with Gasteiger partial charge in [0, 0.05) is 5.69 Å². The maximum absolute atomic E-state index is 14.1. The van der Waals surface area contributed by atoms with Gasteiger partial charge in [-0.1, -0.05) is 60.7 Å². The number of para-hydroxylation sites is 1. The predicted octanol–water partition coefficient (Wildman–Crippen LogP) is 5.75. The maximum atomic E-state index is 14.1. The molecule has 1 aliphatic rings. The lowest BCUT2D eigenvalue weighted by Gasteiger charge is -2.17. The van der Waals surface area contributed by atoms with Gasteiger partial charge in [-0.25, -0.2) is 14.6 Å². The molecule has 0 aliphatic carbocycles. The number of hydrogen-bond acceptors (Lipinski definition) is 6. The molecule has 0 fully saturated rings. The molecule has 2 N–H and O–H groups in total. The largest absolute Gasteiger partial charge is 0.384 e. The van der Waals surface area contributed by atoms with Crippen LogP contribution in [0, 0.1) is 20.8 Å². The summed E-state index contributed by atoms with van der Waals surface area (Å²) in [6.07, 6.45) is 12.2. The molecule has 8 nitrogen and oxygen atoms in total. The number of aromatic nitrogens is 5. The summed E-state index contributed by atoms with van der Waals surface area (Å²) in [7, 11) is 0. The molecule has 0 saturated heterocycles. The average Bonchev–Trinajstić information content (AvgIpc) is 3.32. The Bertz CT molecular complexity index is 2020. The van der Waals surface area contributed by atoms with Gasteiger partial charge in [-0.2, -0.15) is 5.10 Å². The molecule has 1 aliphatic heterocycles. The zero-order chi connectivity index (χ0) is 29.4. The molecule has 5 aromatic rings. The van der Waals surface area contributed by atoms with Crippen molar-refractivity contribution in [3.05, 3.63) is 124 Å². The Labute approximate surface area is 244 Å². The zero-order valence-corrected chi connectivity index (χ0v) is 24.2. The van der Waals surface area contributed by atoms with E-state index in [1.165, 1.54) is 0 Å². The number of aliphatic imine (C=N–C) groups is 1. The zero-order valence-electron chi connectivity index (χ0n) is 24.2. The predicted molar refractivity (Wildman–Crippen MR) is 170 cm³/mol. The van der Waals surface area contributed by atoms with Crippen LogP contribution in [0.2, 0.25) is 0 Å². The van der Waals surface area contributed by atoms with Crippen LogP contribution in [0.25, 0.3) is 33.1 Å². The van der Waals surface area contributed by atoms with Crippen molar-refractivity contribution >= 4 is 33.2 Å². The summed E-state index contributed by atoms with van der Waals surface area (Å²) in [4.78, 5) is 27.8. The second kappa shape index (κ2) is 11.0. The molecule has 210 valence electrons. The normalized spacial score (nSPS) is 16.4. The first-order valence-corrected chi connectivity index (χ1v) is 14.1. The van der Waals surface area contributed by atoms with Crippen LogP contribution in [-0.2, 0) is 6.54 Å². The van der Waals surface area contributed by atoms with Gasteiger partial charge in [-0.3, -0.25) is 14.4 Å². The highest BCUT2D eigenvalue weighted by Crippen LogP contribution is 2.29. The van der Waals surface area contributed by atoms with Crippen molar-refractivity contribution in [2.45, 2.75) is 46.7 Å². The highest BCUT2D eigenvalue weighted by molar-refractivity contribution is 5.94. The second-order valence-corrected chi connectivity index (χ2v) is 10.7. The Hall–Kier alpha value is -5.11. The van der Waals surface area contributed by atoms with Gasteiger partial charge in [0.25, 0.3) is 5.56 Å². The number of hydrogen-bond donors (Lipinski definition) is 1. The smallest absolute Gasteiger partial charge is 0.263 e. The lowest BCUT2D eigenvalue weighted by Crippen LogP contribution is -2.25. The van der Waals surface area contributed by atoms with E-state index in [1.807, 2.05) is 104 Å². The molecule has 0 radical (unpaired) electrons. The van der Waals surface area contributed by atoms with Crippen molar-refractivity contribution in [2.24, 2.45) is 10.7 Å². The highest BCUT2D eigenvalue weighted by atomic mass is 16.1. The minimum absolute atomic E-state index is 0.0454. The van der Waals surface area contributed by atoms with Crippen LogP contribution in [0.1, 0.15) is 41.6 Å². The van der Waals surface area contributed by atoms with E-state index in [2.05, 4.69) is 27.1 Å². The van der Waals surface area contributed by atoms with E-state index in [0.717, 1.165) is 55.6 Å². The molecule has 3 aromatic heterocycles. The standard InChI is InChI=1S/C34H33N7O/c1-21-10-5-7-14-28(21)41-27(18-26-13-9-11-22(2)30(26)34(41)42)19-40-33-31(24(4)36-20-37-33)32(39-40)25-12-6-8-15-29(35)38-23(3)16-17-25/h5,7-18,20,23H,6,19H2,1-4H3,(H2,35,38)/b15-8-,17-16?,25-12?. The molecule has 1 atom stereocenters. The van der Waals surface area contributed by atoms with Crippen molar-refractivity contribution in [1.82, 2.24) is 24.3 Å². The van der Waals surface area contributed by atoms with Crippen molar-refractivity contribution in [3.63, 3.8) is 0 Å². The second-order valence-electron chi connectivity index (χ2n) is 10.7. The molecule has 0 saturated carbocycles. The SMILES string of the molecule is Cc1ccccc1-n1c(Cn2nc(C3=CC/C=C\C(N)=NC(C)C=C3)c3c(C)ncnc32)cc2cccc(C)c2c1=O. The van der Waals surface area contributed by atoms with Crippen molar-refractivity contribution in [1.29, 1.82) is 0 Å². The monoisotopic (exact) mass is 555 g/mol. The number of amidine groups is 1. The van der Waals surface area contributed by atoms with E-state index >= 15 is 0 Å². The quantitative estimate of drug-likeness (QED) is 0.304. The lowest BCUT2D eigenvalue weighted by molar-refractivity contribution is 0.667. The van der Waals surface area contributed by atoms with Crippen LogP contribution < -0.4 is 11.3 Å². The number of rotatable bonds is 4. The third kappa shape index (κ3) is 4.96. The van der Waals surface area contributed by atoms with Crippen LogP contribution in [0.4, 0.5) is 0 Å². The fourth-order valence-corrected chi connectivity index (χ4v) is 5.59. The van der Waals surface area contributed by atoms with Gasteiger partial charge in [-0.05, 0) is 74.4 Å². The van der Waals surface area contributed by atoms with Gasteiger partial charge < -0.3 is 5.73 Å². The van der Waals surface area contributed by atoms with E-state index in [0.29, 0.717) is 24.4 Å². The Morgan fingerprint density at radius 1 is 0.976 bits per heavy atom. The molecule has 6 rings (SSSR count). The molecule has 2 aromatic carbocycles. The molecule has 1 unspecified atom stereocenters. The Balaban J connectivity index is 1.56. The molecule has 42 heavy (non-hydrogen) atoms. The first-order valence-electron chi connectivity index (χ1n) is 14.1. The summed E-state index contributed by atoms with van der Waals surface area (Å²) >= 11 is 0. The molecular formula is C34H33N7O. The van der Waals surface area contributed by atoms with E-state index in [4.69, 9.17) is 10.8 Å². The third-order valence-electron chi connectivity index (χ3n) is 7.66. The molecular weight excluding hydrogens is 522 g/mol. The van der Waals surface area contributed by atoms with Crippen LogP contribution in [0.3, 0.4) is 0 Å². The van der Waals surface area contributed by atoms with Crippen LogP contribution in [0.15, 0.2) is 95.0 Å². The van der Waals surface area contributed by atoms with E-state index in [-0.39, 0.29) is 11.6 Å². The molecule has 8 heteroatoms. The lowest BCUT2D eigenvalue weighted by atomic mass is 10.0. The number of pyridine rings is 1. The van der Waals surface area contributed by atoms with Gasteiger partial charge >= 0.3 is 0 Å². The summed E-state index contributed by atoms with van der Waals surface area (Å²) in [6, 6.07) is 15.9. The maximum Gasteiger partial charge on any atom is 0.263 e. The Morgan fingerprint density at radius 3 is 2.62 bits per heavy atom.